The van der Waals surface area contributed by atoms with Crippen molar-refractivity contribution in [2.45, 2.75) is 30.0 Å². The quantitative estimate of drug-likeness (QED) is 0.0910. The summed E-state index contributed by atoms with van der Waals surface area (Å²) in [5.74, 6) is -1.19. The van der Waals surface area contributed by atoms with Gasteiger partial charge in [-0.1, -0.05) is 72.8 Å². The molecular weight excluding hydrogens is 582 g/mol. The van der Waals surface area contributed by atoms with E-state index in [9.17, 15) is 26.4 Å². The van der Waals surface area contributed by atoms with Crippen molar-refractivity contribution in [3.05, 3.63) is 131 Å². The van der Waals surface area contributed by atoms with E-state index in [1.54, 1.807) is 0 Å². The Morgan fingerprint density at radius 1 is 0.884 bits per heavy atom. The number of hydrogen-bond donors (Lipinski definition) is 0. The Morgan fingerprint density at radius 3 is 2.07 bits per heavy atom. The number of aldehydes is 1. The summed E-state index contributed by atoms with van der Waals surface area (Å²) >= 11 is 0. The Labute approximate surface area is 248 Å². The number of carbonyl (C=O) groups is 1. The van der Waals surface area contributed by atoms with Gasteiger partial charge in [0.15, 0.2) is 16.1 Å². The van der Waals surface area contributed by atoms with E-state index in [1.165, 1.54) is 30.3 Å². The lowest BCUT2D eigenvalue weighted by atomic mass is 9.90. The lowest BCUT2D eigenvalue weighted by Gasteiger charge is -2.29. The van der Waals surface area contributed by atoms with Crippen LogP contribution in [0.25, 0.3) is 0 Å². The molecule has 0 saturated heterocycles. The first-order chi connectivity index (χ1) is 20.5. The van der Waals surface area contributed by atoms with Crippen molar-refractivity contribution in [3.8, 4) is 5.75 Å². The van der Waals surface area contributed by atoms with E-state index in [0.717, 1.165) is 23.4 Å². The van der Waals surface area contributed by atoms with Crippen LogP contribution < -0.4 is 4.74 Å². The minimum Gasteiger partial charge on any atom is -0.494 e. The Hall–Kier alpha value is -4.02. The van der Waals surface area contributed by atoms with Crippen molar-refractivity contribution >= 4 is 16.1 Å². The summed E-state index contributed by atoms with van der Waals surface area (Å²) in [6.45, 7) is 0.803. The number of ether oxygens (including phenoxy) is 1. The highest BCUT2D eigenvalue weighted by molar-refractivity contribution is 7.90. The largest absolute Gasteiger partial charge is 0.494 e. The predicted octanol–water partition coefficient (Wildman–Crippen LogP) is 7.16. The SMILES string of the molecule is CS(=O)(=O)c1cc(OCCCN(Cc2cccc(C(F)(F)F)c2F)CC(c2ccccc2)c2ccccc2)ccc1C=O. The summed E-state index contributed by atoms with van der Waals surface area (Å²) in [5, 5.41) is 0. The first-order valence-corrected chi connectivity index (χ1v) is 15.5. The maximum atomic E-state index is 15.1. The van der Waals surface area contributed by atoms with E-state index >= 15 is 4.39 Å². The molecule has 10 heteroatoms. The molecule has 0 saturated carbocycles. The molecule has 0 aliphatic heterocycles. The third-order valence-corrected chi connectivity index (χ3v) is 8.17. The van der Waals surface area contributed by atoms with E-state index in [2.05, 4.69) is 0 Å². The first-order valence-electron chi connectivity index (χ1n) is 13.6. The minimum absolute atomic E-state index is 0.0250. The number of halogens is 4. The molecule has 0 aromatic heterocycles. The zero-order valence-electron chi connectivity index (χ0n) is 23.4. The summed E-state index contributed by atoms with van der Waals surface area (Å²) < 4.78 is 85.4. The lowest BCUT2D eigenvalue weighted by Crippen LogP contribution is -2.31. The Kier molecular flexibility index (Phi) is 10.4. The first kappa shape index (κ1) is 31.9. The molecule has 4 aromatic rings. The van der Waals surface area contributed by atoms with Gasteiger partial charge in [0.2, 0.25) is 0 Å². The van der Waals surface area contributed by atoms with E-state index < -0.39 is 27.4 Å². The van der Waals surface area contributed by atoms with Crippen molar-refractivity contribution in [1.29, 1.82) is 0 Å². The zero-order chi connectivity index (χ0) is 31.0. The summed E-state index contributed by atoms with van der Waals surface area (Å²) in [4.78, 5) is 13.0. The molecule has 0 heterocycles. The molecule has 0 unspecified atom stereocenters. The second kappa shape index (κ2) is 14.0. The van der Waals surface area contributed by atoms with Gasteiger partial charge < -0.3 is 4.74 Å². The van der Waals surface area contributed by atoms with Crippen LogP contribution in [0.15, 0.2) is 102 Å². The molecule has 0 aliphatic carbocycles. The van der Waals surface area contributed by atoms with E-state index in [4.69, 9.17) is 4.74 Å². The fourth-order valence-electron chi connectivity index (χ4n) is 4.93. The van der Waals surface area contributed by atoms with Gasteiger partial charge in [0, 0.05) is 42.9 Å². The highest BCUT2D eigenvalue weighted by Gasteiger charge is 2.35. The van der Waals surface area contributed by atoms with Crippen molar-refractivity contribution in [2.24, 2.45) is 0 Å². The van der Waals surface area contributed by atoms with Crippen molar-refractivity contribution < 1.29 is 35.5 Å². The average molecular weight is 614 g/mol. The van der Waals surface area contributed by atoms with E-state index in [-0.39, 0.29) is 40.8 Å². The third kappa shape index (κ3) is 8.52. The van der Waals surface area contributed by atoms with Crippen molar-refractivity contribution in [2.75, 3.05) is 26.0 Å². The highest BCUT2D eigenvalue weighted by atomic mass is 32.2. The molecule has 0 atom stereocenters. The van der Waals surface area contributed by atoms with Gasteiger partial charge >= 0.3 is 6.18 Å². The monoisotopic (exact) mass is 613 g/mol. The molecule has 0 aliphatic rings. The van der Waals surface area contributed by atoms with Gasteiger partial charge in [0.1, 0.15) is 11.6 Å². The van der Waals surface area contributed by atoms with Gasteiger partial charge in [-0.25, -0.2) is 12.8 Å². The number of rotatable bonds is 13. The van der Waals surface area contributed by atoms with Crippen LogP contribution in [0.3, 0.4) is 0 Å². The molecule has 0 fully saturated rings. The second-order valence-electron chi connectivity index (χ2n) is 10.2. The molecule has 226 valence electrons. The fraction of sp³-hybridized carbons (Fsp3) is 0.242. The number of carbonyl (C=O) groups excluding carboxylic acids is 1. The second-order valence-corrected chi connectivity index (χ2v) is 12.2. The normalized spacial score (nSPS) is 12.1. The molecule has 0 N–H and O–H groups in total. The maximum Gasteiger partial charge on any atom is 0.419 e. The zero-order valence-corrected chi connectivity index (χ0v) is 24.2. The van der Waals surface area contributed by atoms with E-state index in [0.29, 0.717) is 25.8 Å². The lowest BCUT2D eigenvalue weighted by molar-refractivity contribution is -0.140. The van der Waals surface area contributed by atoms with Gasteiger partial charge in [-0.15, -0.1) is 0 Å². The van der Waals surface area contributed by atoms with Crippen LogP contribution in [-0.2, 0) is 22.6 Å². The number of nitrogens with zero attached hydrogens (tertiary/aromatic N) is 1. The molecular formula is C33H31F4NO4S. The van der Waals surface area contributed by atoms with Crippen LogP contribution in [0.4, 0.5) is 17.6 Å². The van der Waals surface area contributed by atoms with Crippen LogP contribution in [0.2, 0.25) is 0 Å². The molecule has 4 aromatic carbocycles. The number of sulfone groups is 1. The Bertz CT molecular complexity index is 1590. The van der Waals surface area contributed by atoms with Crippen LogP contribution >= 0.6 is 0 Å². The smallest absolute Gasteiger partial charge is 0.419 e. The predicted molar refractivity (Wildman–Crippen MR) is 156 cm³/mol. The van der Waals surface area contributed by atoms with Gasteiger partial charge in [-0.05, 0) is 41.8 Å². The molecule has 0 bridgehead atoms. The molecule has 4 rings (SSSR count). The molecule has 0 radical (unpaired) electrons. The van der Waals surface area contributed by atoms with E-state index in [1.807, 2.05) is 65.6 Å². The molecule has 5 nitrogen and oxygen atoms in total. The summed E-state index contributed by atoms with van der Waals surface area (Å²) in [6, 6.07) is 26.8. The van der Waals surface area contributed by atoms with Gasteiger partial charge in [0.25, 0.3) is 0 Å². The highest BCUT2D eigenvalue weighted by Crippen LogP contribution is 2.33. The van der Waals surface area contributed by atoms with Gasteiger partial charge in [-0.2, -0.15) is 13.2 Å². The molecule has 43 heavy (non-hydrogen) atoms. The summed E-state index contributed by atoms with van der Waals surface area (Å²) in [6.07, 6.45) is -2.96. The standard InChI is InChI=1S/C33H31F4NO4S/c1-43(40,41)31-20-28(17-16-27(31)23-39)42-19-9-18-38(21-26-14-8-15-30(32(26)34)33(35,36)37)22-29(24-10-4-2-5-11-24)25-12-6-3-7-13-25/h2-8,10-17,20,23,29H,9,18-19,21-22H2,1H3. The Morgan fingerprint density at radius 2 is 1.51 bits per heavy atom. The number of alkyl halides is 3. The van der Waals surface area contributed by atoms with Crippen molar-refractivity contribution in [3.63, 3.8) is 0 Å². The topological polar surface area (TPSA) is 63.7 Å². The van der Waals surface area contributed by atoms with Crippen LogP contribution in [-0.4, -0.2) is 45.6 Å². The summed E-state index contributed by atoms with van der Waals surface area (Å²) in [5.41, 5.74) is 0.650. The van der Waals surface area contributed by atoms with Crippen molar-refractivity contribution in [1.82, 2.24) is 4.90 Å². The Balaban J connectivity index is 1.57. The summed E-state index contributed by atoms with van der Waals surface area (Å²) in [7, 11) is -3.67. The van der Waals surface area contributed by atoms with Crippen LogP contribution in [0, 0.1) is 5.82 Å². The van der Waals surface area contributed by atoms with Gasteiger partial charge in [0.05, 0.1) is 17.1 Å². The molecule has 0 amide bonds. The number of hydrogen-bond acceptors (Lipinski definition) is 5. The molecule has 0 spiro atoms. The number of benzene rings is 4. The van der Waals surface area contributed by atoms with Crippen LogP contribution in [0.5, 0.6) is 5.75 Å². The minimum atomic E-state index is -4.82. The maximum absolute atomic E-state index is 15.1. The van der Waals surface area contributed by atoms with Gasteiger partial charge in [-0.3, -0.25) is 9.69 Å². The average Bonchev–Trinajstić information content (AvgIpc) is 2.98. The van der Waals surface area contributed by atoms with Crippen LogP contribution in [0.1, 0.15) is 45.0 Å². The fourth-order valence-corrected chi connectivity index (χ4v) is 5.80. The third-order valence-electron chi connectivity index (χ3n) is 7.02.